The van der Waals surface area contributed by atoms with E-state index in [1.165, 1.54) is 17.7 Å². The summed E-state index contributed by atoms with van der Waals surface area (Å²) in [6.07, 6.45) is 4.36. The number of benzene rings is 1. The predicted molar refractivity (Wildman–Crippen MR) is 103 cm³/mol. The van der Waals surface area contributed by atoms with E-state index in [1.807, 2.05) is 6.07 Å². The molecule has 1 aromatic rings. The summed E-state index contributed by atoms with van der Waals surface area (Å²) in [5.74, 6) is -0.0477. The number of hydrogen-bond donors (Lipinski definition) is 2. The third-order valence-corrected chi connectivity index (χ3v) is 6.04. The smallest absolute Gasteiger partial charge is 0.289 e. The van der Waals surface area contributed by atoms with Crippen LogP contribution in [0, 0.1) is 0 Å². The van der Waals surface area contributed by atoms with Crippen LogP contribution in [0.1, 0.15) is 41.6 Å². The van der Waals surface area contributed by atoms with Crippen LogP contribution in [0.15, 0.2) is 24.3 Å². The van der Waals surface area contributed by atoms with Gasteiger partial charge in [0, 0.05) is 23.7 Å². The van der Waals surface area contributed by atoms with Crippen LogP contribution in [0.3, 0.4) is 0 Å². The molecule has 140 valence electrons. The topological polar surface area (TPSA) is 78.5 Å². The Kier molecular flexibility index (Phi) is 5.89. The minimum atomic E-state index is -0.218. The Hall–Kier alpha value is -1.57. The van der Waals surface area contributed by atoms with Gasteiger partial charge in [0.2, 0.25) is 5.91 Å². The van der Waals surface area contributed by atoms with Gasteiger partial charge in [0.25, 0.3) is 11.1 Å². The molecular formula is C18H22ClN3O3S. The Morgan fingerprint density at radius 2 is 1.96 bits per heavy atom. The molecule has 2 bridgehead atoms. The van der Waals surface area contributed by atoms with Gasteiger partial charge in [0.15, 0.2) is 0 Å². The summed E-state index contributed by atoms with van der Waals surface area (Å²) in [6, 6.07) is 8.46. The fraction of sp³-hybridized carbons (Fsp3) is 0.500. The van der Waals surface area contributed by atoms with Gasteiger partial charge in [-0.2, -0.15) is 0 Å². The highest BCUT2D eigenvalue weighted by Crippen LogP contribution is 2.27. The predicted octanol–water partition coefficient (Wildman–Crippen LogP) is 2.32. The molecule has 0 spiro atoms. The summed E-state index contributed by atoms with van der Waals surface area (Å²) >= 11 is 1.03. The Balaban J connectivity index is 0.00000196. The summed E-state index contributed by atoms with van der Waals surface area (Å²) in [6.45, 7) is 0.225. The van der Waals surface area contributed by atoms with Gasteiger partial charge in [0.05, 0.1) is 12.3 Å². The minimum Gasteiger partial charge on any atom is -0.349 e. The average molecular weight is 396 g/mol. The summed E-state index contributed by atoms with van der Waals surface area (Å²) in [7, 11) is 0. The average Bonchev–Trinajstić information content (AvgIpc) is 3.11. The van der Waals surface area contributed by atoms with E-state index in [0.717, 1.165) is 30.2 Å². The number of carbonyl (C=O) groups excluding carboxylic acids is 3. The number of thioether (sulfide) groups is 1. The monoisotopic (exact) mass is 395 g/mol. The Morgan fingerprint density at radius 1 is 1.23 bits per heavy atom. The maximum Gasteiger partial charge on any atom is 0.289 e. The Bertz CT molecular complexity index is 701. The van der Waals surface area contributed by atoms with Crippen molar-refractivity contribution in [1.82, 2.24) is 15.5 Å². The second-order valence-corrected chi connectivity index (χ2v) is 7.94. The minimum absolute atomic E-state index is 0. The number of fused-ring (bicyclic) bond motifs is 2. The zero-order chi connectivity index (χ0) is 17.4. The maximum atomic E-state index is 12.6. The van der Waals surface area contributed by atoms with Crippen LogP contribution >= 0.6 is 24.2 Å². The van der Waals surface area contributed by atoms with E-state index in [2.05, 4.69) is 10.6 Å². The highest BCUT2D eigenvalue weighted by molar-refractivity contribution is 8.14. The van der Waals surface area contributed by atoms with E-state index >= 15 is 0 Å². The van der Waals surface area contributed by atoms with Crippen molar-refractivity contribution in [3.8, 4) is 0 Å². The quantitative estimate of drug-likeness (QED) is 0.818. The van der Waals surface area contributed by atoms with E-state index < -0.39 is 0 Å². The summed E-state index contributed by atoms with van der Waals surface area (Å²) in [4.78, 5) is 37.3. The molecule has 2 N–H and O–H groups in total. The number of piperidine rings is 1. The lowest BCUT2D eigenvalue weighted by Crippen LogP contribution is -2.48. The molecule has 3 fully saturated rings. The second-order valence-electron chi connectivity index (χ2n) is 7.01. The van der Waals surface area contributed by atoms with Crippen molar-refractivity contribution >= 4 is 41.2 Å². The first-order chi connectivity index (χ1) is 12.1. The van der Waals surface area contributed by atoms with Gasteiger partial charge < -0.3 is 10.6 Å². The fourth-order valence-corrected chi connectivity index (χ4v) is 4.70. The third kappa shape index (κ3) is 4.05. The number of amides is 3. The van der Waals surface area contributed by atoms with Crippen LogP contribution in [0.25, 0.3) is 0 Å². The molecule has 3 heterocycles. The summed E-state index contributed by atoms with van der Waals surface area (Å²) in [5, 5.41) is 6.49. The maximum absolute atomic E-state index is 12.6. The summed E-state index contributed by atoms with van der Waals surface area (Å²) < 4.78 is 0. The molecule has 3 aliphatic heterocycles. The van der Waals surface area contributed by atoms with E-state index in [4.69, 9.17) is 0 Å². The molecular weight excluding hydrogens is 374 g/mol. The molecule has 8 heteroatoms. The van der Waals surface area contributed by atoms with Crippen LogP contribution in [-0.4, -0.2) is 45.8 Å². The number of hydrogen-bond acceptors (Lipinski definition) is 5. The molecule has 4 rings (SSSR count). The molecule has 26 heavy (non-hydrogen) atoms. The van der Waals surface area contributed by atoms with Gasteiger partial charge in [-0.25, -0.2) is 0 Å². The van der Waals surface area contributed by atoms with Gasteiger partial charge >= 0.3 is 0 Å². The van der Waals surface area contributed by atoms with E-state index in [-0.39, 0.29) is 47.8 Å². The number of nitrogens with one attached hydrogen (secondary N) is 2. The van der Waals surface area contributed by atoms with Crippen molar-refractivity contribution in [3.05, 3.63) is 35.4 Å². The van der Waals surface area contributed by atoms with Crippen molar-refractivity contribution < 1.29 is 14.4 Å². The lowest BCUT2D eigenvalue weighted by atomic mass is 9.99. The van der Waals surface area contributed by atoms with Crippen LogP contribution in [-0.2, 0) is 11.3 Å². The third-order valence-electron chi connectivity index (χ3n) is 5.18. The number of nitrogens with zero attached hydrogens (tertiary/aromatic N) is 1. The Morgan fingerprint density at radius 3 is 2.62 bits per heavy atom. The first kappa shape index (κ1) is 19.2. The molecule has 0 aliphatic carbocycles. The second kappa shape index (κ2) is 7.98. The largest absolute Gasteiger partial charge is 0.349 e. The van der Waals surface area contributed by atoms with Crippen molar-refractivity contribution in [3.63, 3.8) is 0 Å². The van der Waals surface area contributed by atoms with Gasteiger partial charge in [-0.15, -0.1) is 12.4 Å². The van der Waals surface area contributed by atoms with Gasteiger partial charge in [-0.1, -0.05) is 23.9 Å². The molecule has 2 atom stereocenters. The standard InChI is InChI=1S/C18H21N3O3S.ClH/c22-16-10-25-18(24)21(16)9-11-2-1-3-12(6-11)17(23)20-15-7-13-4-5-14(8-15)19-13;/h1-3,6,13-15,19H,4-5,7-10H2,(H,20,23);1H. The Labute approximate surface area is 162 Å². The lowest BCUT2D eigenvalue weighted by Gasteiger charge is -2.29. The van der Waals surface area contributed by atoms with Gasteiger partial charge in [-0.3, -0.25) is 19.3 Å². The number of imide groups is 1. The van der Waals surface area contributed by atoms with Crippen molar-refractivity contribution in [2.45, 2.75) is 50.4 Å². The van der Waals surface area contributed by atoms with Crippen molar-refractivity contribution in [1.29, 1.82) is 0 Å². The molecule has 0 radical (unpaired) electrons. The van der Waals surface area contributed by atoms with E-state index in [0.29, 0.717) is 17.6 Å². The molecule has 1 aromatic carbocycles. The molecule has 0 aromatic heterocycles. The molecule has 0 saturated carbocycles. The van der Waals surface area contributed by atoms with Gasteiger partial charge in [0.1, 0.15) is 0 Å². The normalized spacial score (nSPS) is 27.4. The lowest BCUT2D eigenvalue weighted by molar-refractivity contribution is -0.125. The van der Waals surface area contributed by atoms with Crippen LogP contribution in [0.2, 0.25) is 0 Å². The number of carbonyl (C=O) groups is 3. The van der Waals surface area contributed by atoms with E-state index in [9.17, 15) is 14.4 Å². The SMILES string of the molecule is Cl.O=C(NC1CC2CCC(C1)N2)c1cccc(CN2C(=O)CSC2=O)c1. The first-order valence-corrected chi connectivity index (χ1v) is 9.70. The zero-order valence-corrected chi connectivity index (χ0v) is 15.9. The molecule has 2 unspecified atom stereocenters. The highest BCUT2D eigenvalue weighted by atomic mass is 35.5. The molecule has 6 nitrogen and oxygen atoms in total. The van der Waals surface area contributed by atoms with E-state index in [1.54, 1.807) is 18.2 Å². The van der Waals surface area contributed by atoms with Crippen molar-refractivity contribution in [2.24, 2.45) is 0 Å². The highest BCUT2D eigenvalue weighted by Gasteiger charge is 2.34. The van der Waals surface area contributed by atoms with Crippen LogP contribution in [0.4, 0.5) is 4.79 Å². The van der Waals surface area contributed by atoms with Crippen LogP contribution in [0.5, 0.6) is 0 Å². The molecule has 3 saturated heterocycles. The number of halogens is 1. The molecule has 3 aliphatic rings. The first-order valence-electron chi connectivity index (χ1n) is 8.71. The van der Waals surface area contributed by atoms with Crippen LogP contribution < -0.4 is 10.6 Å². The molecule has 3 amide bonds. The van der Waals surface area contributed by atoms with Gasteiger partial charge in [-0.05, 0) is 43.4 Å². The van der Waals surface area contributed by atoms with Crippen molar-refractivity contribution in [2.75, 3.05) is 5.75 Å². The zero-order valence-electron chi connectivity index (χ0n) is 14.3. The summed E-state index contributed by atoms with van der Waals surface area (Å²) in [5.41, 5.74) is 1.37. The fourth-order valence-electron chi connectivity index (χ4n) is 3.97. The number of rotatable bonds is 4.